The van der Waals surface area contributed by atoms with Gasteiger partial charge in [0.2, 0.25) is 0 Å². The van der Waals surface area contributed by atoms with Crippen LogP contribution in [0.25, 0.3) is 0 Å². The molecule has 104 valence electrons. The van der Waals surface area contributed by atoms with Crippen molar-refractivity contribution in [2.24, 2.45) is 0 Å². The highest BCUT2D eigenvalue weighted by molar-refractivity contribution is 5.88. The lowest BCUT2D eigenvalue weighted by Crippen LogP contribution is -2.25. The standard InChI is InChI=1S/C15H15NO4/c17-13(10-19-14-6-2-1-3-7-14)11-20-15(18)12-5-4-8-16-9-12/h1-9,13,17H,10-11H2. The SMILES string of the molecule is O=C(OCC(O)COc1ccccc1)c1cccnc1. The summed E-state index contributed by atoms with van der Waals surface area (Å²) in [4.78, 5) is 15.4. The van der Waals surface area contributed by atoms with Crippen molar-refractivity contribution >= 4 is 5.97 Å². The third-order valence-electron chi connectivity index (χ3n) is 2.49. The Kier molecular flexibility index (Phi) is 5.08. The van der Waals surface area contributed by atoms with E-state index in [2.05, 4.69) is 4.98 Å². The molecule has 0 saturated carbocycles. The van der Waals surface area contributed by atoms with Crippen LogP contribution in [-0.4, -0.2) is 35.4 Å². The van der Waals surface area contributed by atoms with Crippen LogP contribution >= 0.6 is 0 Å². The van der Waals surface area contributed by atoms with E-state index in [0.29, 0.717) is 11.3 Å². The molecule has 2 aromatic rings. The van der Waals surface area contributed by atoms with Crippen LogP contribution in [0.4, 0.5) is 0 Å². The van der Waals surface area contributed by atoms with Crippen molar-refractivity contribution in [1.82, 2.24) is 4.98 Å². The summed E-state index contributed by atoms with van der Waals surface area (Å²) in [7, 11) is 0. The Bertz CT molecular complexity index is 530. The molecule has 0 aliphatic rings. The van der Waals surface area contributed by atoms with Crippen LogP contribution in [0.15, 0.2) is 54.9 Å². The van der Waals surface area contributed by atoms with E-state index in [1.54, 1.807) is 30.5 Å². The van der Waals surface area contributed by atoms with E-state index in [4.69, 9.17) is 9.47 Å². The summed E-state index contributed by atoms with van der Waals surface area (Å²) in [5.74, 6) is 0.141. The summed E-state index contributed by atoms with van der Waals surface area (Å²) in [5, 5.41) is 9.69. The Balaban J connectivity index is 1.73. The minimum absolute atomic E-state index is 0.0599. The normalized spacial score (nSPS) is 11.7. The molecule has 5 nitrogen and oxygen atoms in total. The predicted molar refractivity (Wildman–Crippen MR) is 72.5 cm³/mol. The van der Waals surface area contributed by atoms with E-state index in [0.717, 1.165) is 0 Å². The molecule has 0 bridgehead atoms. The largest absolute Gasteiger partial charge is 0.491 e. The van der Waals surface area contributed by atoms with Crippen molar-refractivity contribution in [2.75, 3.05) is 13.2 Å². The van der Waals surface area contributed by atoms with Crippen molar-refractivity contribution in [1.29, 1.82) is 0 Å². The van der Waals surface area contributed by atoms with Gasteiger partial charge in [-0.2, -0.15) is 0 Å². The van der Waals surface area contributed by atoms with Crippen LogP contribution in [0.5, 0.6) is 5.75 Å². The van der Waals surface area contributed by atoms with Crippen molar-refractivity contribution < 1.29 is 19.4 Å². The fourth-order valence-corrected chi connectivity index (χ4v) is 1.50. The Morgan fingerprint density at radius 2 is 1.95 bits per heavy atom. The van der Waals surface area contributed by atoms with Gasteiger partial charge in [0.05, 0.1) is 5.56 Å². The first-order chi connectivity index (χ1) is 9.75. The third-order valence-corrected chi connectivity index (χ3v) is 2.49. The number of pyridine rings is 1. The molecule has 1 heterocycles. The van der Waals surface area contributed by atoms with Crippen molar-refractivity contribution in [3.63, 3.8) is 0 Å². The molecule has 1 atom stereocenters. The molecule has 1 unspecified atom stereocenters. The van der Waals surface area contributed by atoms with Crippen LogP contribution in [-0.2, 0) is 4.74 Å². The molecule has 0 spiro atoms. The molecule has 2 rings (SSSR count). The fraction of sp³-hybridized carbons (Fsp3) is 0.200. The number of nitrogens with zero attached hydrogens (tertiary/aromatic N) is 1. The first-order valence-corrected chi connectivity index (χ1v) is 6.19. The molecule has 1 aromatic carbocycles. The minimum Gasteiger partial charge on any atom is -0.491 e. The molecule has 0 aliphatic carbocycles. The first kappa shape index (κ1) is 14.0. The maximum absolute atomic E-state index is 11.6. The Hall–Kier alpha value is -2.40. The molecule has 0 saturated heterocycles. The predicted octanol–water partition coefficient (Wildman–Crippen LogP) is 1.68. The van der Waals surface area contributed by atoms with Gasteiger partial charge in [0.25, 0.3) is 0 Å². The summed E-state index contributed by atoms with van der Waals surface area (Å²) in [6.45, 7) is -0.0646. The number of benzene rings is 1. The molecular formula is C15H15NO4. The van der Waals surface area contributed by atoms with Crippen LogP contribution in [0.3, 0.4) is 0 Å². The van der Waals surface area contributed by atoms with Gasteiger partial charge in [-0.3, -0.25) is 4.98 Å². The third kappa shape index (κ3) is 4.37. The Morgan fingerprint density at radius 3 is 2.65 bits per heavy atom. The van der Waals surface area contributed by atoms with Crippen LogP contribution in [0.1, 0.15) is 10.4 Å². The van der Waals surface area contributed by atoms with E-state index >= 15 is 0 Å². The highest BCUT2D eigenvalue weighted by atomic mass is 16.5. The molecule has 5 heteroatoms. The highest BCUT2D eigenvalue weighted by Crippen LogP contribution is 2.08. The lowest BCUT2D eigenvalue weighted by Gasteiger charge is -2.12. The van der Waals surface area contributed by atoms with Crippen molar-refractivity contribution in [3.8, 4) is 5.75 Å². The van der Waals surface area contributed by atoms with Gasteiger partial charge in [0, 0.05) is 12.4 Å². The number of esters is 1. The van der Waals surface area contributed by atoms with Gasteiger partial charge in [-0.1, -0.05) is 18.2 Å². The smallest absolute Gasteiger partial charge is 0.339 e. The number of ether oxygens (including phenoxy) is 2. The van der Waals surface area contributed by atoms with Crippen molar-refractivity contribution in [3.05, 3.63) is 60.4 Å². The fourth-order valence-electron chi connectivity index (χ4n) is 1.50. The Morgan fingerprint density at radius 1 is 1.15 bits per heavy atom. The summed E-state index contributed by atoms with van der Waals surface area (Å²) >= 11 is 0. The number of rotatable bonds is 6. The van der Waals surface area contributed by atoms with Gasteiger partial charge in [-0.15, -0.1) is 0 Å². The Labute approximate surface area is 116 Å². The summed E-state index contributed by atoms with van der Waals surface area (Å²) in [5.41, 5.74) is 0.351. The quantitative estimate of drug-likeness (QED) is 0.811. The van der Waals surface area contributed by atoms with E-state index in [-0.39, 0.29) is 13.2 Å². The number of hydrogen-bond acceptors (Lipinski definition) is 5. The maximum Gasteiger partial charge on any atom is 0.339 e. The van der Waals surface area contributed by atoms with E-state index in [1.165, 1.54) is 6.20 Å². The lowest BCUT2D eigenvalue weighted by atomic mass is 10.3. The number of carbonyl (C=O) groups excluding carboxylic acids is 1. The van der Waals surface area contributed by atoms with E-state index in [9.17, 15) is 9.90 Å². The molecule has 1 aromatic heterocycles. The van der Waals surface area contributed by atoms with Gasteiger partial charge in [0.1, 0.15) is 25.1 Å². The lowest BCUT2D eigenvalue weighted by molar-refractivity contribution is 0.0130. The van der Waals surface area contributed by atoms with Gasteiger partial charge in [-0.25, -0.2) is 4.79 Å². The molecule has 1 N–H and O–H groups in total. The zero-order valence-electron chi connectivity index (χ0n) is 10.8. The molecule has 0 amide bonds. The number of aromatic nitrogens is 1. The molecular weight excluding hydrogens is 258 g/mol. The zero-order chi connectivity index (χ0) is 14.2. The maximum atomic E-state index is 11.6. The number of para-hydroxylation sites is 1. The molecule has 0 aliphatic heterocycles. The number of carbonyl (C=O) groups is 1. The number of aliphatic hydroxyl groups excluding tert-OH is 1. The molecule has 0 fully saturated rings. The number of aliphatic hydroxyl groups is 1. The monoisotopic (exact) mass is 273 g/mol. The second kappa shape index (κ2) is 7.25. The topological polar surface area (TPSA) is 68.7 Å². The zero-order valence-corrected chi connectivity index (χ0v) is 10.8. The second-order valence-electron chi connectivity index (χ2n) is 4.12. The first-order valence-electron chi connectivity index (χ1n) is 6.19. The molecule has 20 heavy (non-hydrogen) atoms. The van der Waals surface area contributed by atoms with Crippen LogP contribution in [0.2, 0.25) is 0 Å². The highest BCUT2D eigenvalue weighted by Gasteiger charge is 2.11. The van der Waals surface area contributed by atoms with E-state index < -0.39 is 12.1 Å². The second-order valence-corrected chi connectivity index (χ2v) is 4.12. The minimum atomic E-state index is -0.879. The van der Waals surface area contributed by atoms with E-state index in [1.807, 2.05) is 18.2 Å². The summed E-state index contributed by atoms with van der Waals surface area (Å²) in [6, 6.07) is 12.4. The number of hydrogen-bond donors (Lipinski definition) is 1. The van der Waals surface area contributed by atoms with Crippen LogP contribution < -0.4 is 4.74 Å². The summed E-state index contributed by atoms with van der Waals surface area (Å²) in [6.07, 6.45) is 2.10. The summed E-state index contributed by atoms with van der Waals surface area (Å²) < 4.78 is 10.3. The van der Waals surface area contributed by atoms with Crippen molar-refractivity contribution in [2.45, 2.75) is 6.10 Å². The average Bonchev–Trinajstić information content (AvgIpc) is 2.52. The molecule has 0 radical (unpaired) electrons. The van der Waals surface area contributed by atoms with Gasteiger partial charge >= 0.3 is 5.97 Å². The van der Waals surface area contributed by atoms with Crippen LogP contribution in [0, 0.1) is 0 Å². The van der Waals surface area contributed by atoms with Gasteiger partial charge in [0.15, 0.2) is 0 Å². The van der Waals surface area contributed by atoms with Gasteiger partial charge < -0.3 is 14.6 Å². The van der Waals surface area contributed by atoms with Gasteiger partial charge in [-0.05, 0) is 24.3 Å². The average molecular weight is 273 g/mol.